The van der Waals surface area contributed by atoms with Crippen molar-refractivity contribution in [3.63, 3.8) is 0 Å². The van der Waals surface area contributed by atoms with Crippen molar-refractivity contribution in [1.82, 2.24) is 4.90 Å². The molecule has 1 rings (SSSR count). The molecular weight excluding hydrogens is 194 g/mol. The molecule has 4 heteroatoms. The number of ether oxygens (including phenoxy) is 1. The van der Waals surface area contributed by atoms with E-state index in [1.54, 1.807) is 4.90 Å². The zero-order valence-corrected chi connectivity index (χ0v) is 9.82. The standard InChI is InChI=1S/C11H19NO3/c1-7(2)10(13)9-5-12(6-9)11(14)15-8(3)4/h7-9H,5-6H2,1-4H3. The van der Waals surface area contributed by atoms with Gasteiger partial charge in [0.05, 0.1) is 12.0 Å². The average Bonchev–Trinajstić information content (AvgIpc) is 1.99. The van der Waals surface area contributed by atoms with Crippen molar-refractivity contribution < 1.29 is 14.3 Å². The van der Waals surface area contributed by atoms with Gasteiger partial charge in [0.25, 0.3) is 0 Å². The van der Waals surface area contributed by atoms with E-state index in [0.717, 1.165) is 0 Å². The molecule has 15 heavy (non-hydrogen) atoms. The SMILES string of the molecule is CC(C)OC(=O)N1CC(C(=O)C(C)C)C1. The minimum atomic E-state index is -0.308. The highest BCUT2D eigenvalue weighted by Crippen LogP contribution is 2.20. The molecular formula is C11H19NO3. The highest BCUT2D eigenvalue weighted by atomic mass is 16.6. The van der Waals surface area contributed by atoms with Crippen molar-refractivity contribution in [2.45, 2.75) is 33.8 Å². The molecule has 0 spiro atoms. The summed E-state index contributed by atoms with van der Waals surface area (Å²) in [6, 6.07) is 0. The number of amides is 1. The van der Waals surface area contributed by atoms with Gasteiger partial charge in [0.2, 0.25) is 0 Å². The summed E-state index contributed by atoms with van der Waals surface area (Å²) in [7, 11) is 0. The highest BCUT2D eigenvalue weighted by molar-refractivity contribution is 5.85. The molecule has 0 aliphatic carbocycles. The van der Waals surface area contributed by atoms with Crippen LogP contribution in [0.25, 0.3) is 0 Å². The number of likely N-dealkylation sites (tertiary alicyclic amines) is 1. The van der Waals surface area contributed by atoms with Crippen LogP contribution in [0.4, 0.5) is 4.79 Å². The molecule has 1 heterocycles. The highest BCUT2D eigenvalue weighted by Gasteiger charge is 2.37. The van der Waals surface area contributed by atoms with Gasteiger partial charge in [-0.2, -0.15) is 0 Å². The number of nitrogens with zero attached hydrogens (tertiary/aromatic N) is 1. The fraction of sp³-hybridized carbons (Fsp3) is 0.818. The maximum Gasteiger partial charge on any atom is 0.410 e. The van der Waals surface area contributed by atoms with Crippen LogP contribution in [0, 0.1) is 11.8 Å². The molecule has 1 saturated heterocycles. The minimum Gasteiger partial charge on any atom is -0.447 e. The predicted octanol–water partition coefficient (Wildman–Crippen LogP) is 1.69. The van der Waals surface area contributed by atoms with Gasteiger partial charge in [-0.15, -0.1) is 0 Å². The molecule has 0 N–H and O–H groups in total. The van der Waals surface area contributed by atoms with Gasteiger partial charge in [0.15, 0.2) is 0 Å². The fourth-order valence-electron chi connectivity index (χ4n) is 1.56. The number of hydrogen-bond acceptors (Lipinski definition) is 3. The number of carbonyl (C=O) groups excluding carboxylic acids is 2. The van der Waals surface area contributed by atoms with Crippen molar-refractivity contribution in [2.75, 3.05) is 13.1 Å². The smallest absolute Gasteiger partial charge is 0.410 e. The van der Waals surface area contributed by atoms with Crippen LogP contribution in [-0.4, -0.2) is 36.0 Å². The number of rotatable bonds is 3. The van der Waals surface area contributed by atoms with Crippen molar-refractivity contribution in [2.24, 2.45) is 11.8 Å². The Bertz CT molecular complexity index is 255. The molecule has 4 nitrogen and oxygen atoms in total. The molecule has 0 aromatic carbocycles. The van der Waals surface area contributed by atoms with Crippen molar-refractivity contribution >= 4 is 11.9 Å². The zero-order valence-electron chi connectivity index (χ0n) is 9.82. The van der Waals surface area contributed by atoms with E-state index in [0.29, 0.717) is 13.1 Å². The Hall–Kier alpha value is -1.06. The molecule has 0 atom stereocenters. The van der Waals surface area contributed by atoms with Crippen LogP contribution in [0.5, 0.6) is 0 Å². The van der Waals surface area contributed by atoms with Crippen LogP contribution in [-0.2, 0) is 9.53 Å². The van der Waals surface area contributed by atoms with E-state index in [1.807, 2.05) is 27.7 Å². The molecule has 0 aromatic heterocycles. The molecule has 0 bridgehead atoms. The Balaban J connectivity index is 2.31. The second-order valence-electron chi connectivity index (χ2n) is 4.59. The summed E-state index contributed by atoms with van der Waals surface area (Å²) in [4.78, 5) is 24.5. The van der Waals surface area contributed by atoms with Gasteiger partial charge in [-0.1, -0.05) is 13.8 Å². The van der Waals surface area contributed by atoms with Crippen LogP contribution in [0.2, 0.25) is 0 Å². The third-order valence-corrected chi connectivity index (χ3v) is 2.45. The Morgan fingerprint density at radius 3 is 2.13 bits per heavy atom. The van der Waals surface area contributed by atoms with E-state index in [-0.39, 0.29) is 29.8 Å². The summed E-state index contributed by atoms with van der Waals surface area (Å²) in [5, 5.41) is 0. The van der Waals surface area contributed by atoms with Gasteiger partial charge in [0.1, 0.15) is 5.78 Å². The van der Waals surface area contributed by atoms with Crippen LogP contribution in [0.3, 0.4) is 0 Å². The van der Waals surface area contributed by atoms with Gasteiger partial charge >= 0.3 is 6.09 Å². The third-order valence-electron chi connectivity index (χ3n) is 2.45. The van der Waals surface area contributed by atoms with E-state index in [4.69, 9.17) is 4.74 Å². The lowest BCUT2D eigenvalue weighted by Gasteiger charge is -2.38. The van der Waals surface area contributed by atoms with Crippen molar-refractivity contribution in [3.05, 3.63) is 0 Å². The second-order valence-corrected chi connectivity index (χ2v) is 4.59. The first-order valence-electron chi connectivity index (χ1n) is 5.41. The lowest BCUT2D eigenvalue weighted by atomic mass is 9.89. The largest absolute Gasteiger partial charge is 0.447 e. The predicted molar refractivity (Wildman–Crippen MR) is 56.5 cm³/mol. The van der Waals surface area contributed by atoms with E-state index in [2.05, 4.69) is 0 Å². The van der Waals surface area contributed by atoms with E-state index < -0.39 is 0 Å². The van der Waals surface area contributed by atoms with E-state index in [1.165, 1.54) is 0 Å². The Labute approximate surface area is 90.6 Å². The van der Waals surface area contributed by atoms with Gasteiger partial charge in [-0.05, 0) is 13.8 Å². The van der Waals surface area contributed by atoms with Crippen molar-refractivity contribution in [1.29, 1.82) is 0 Å². The Morgan fingerprint density at radius 2 is 1.73 bits per heavy atom. The molecule has 0 unspecified atom stereocenters. The topological polar surface area (TPSA) is 46.6 Å². The molecule has 1 aliphatic rings. The summed E-state index contributed by atoms with van der Waals surface area (Å²) >= 11 is 0. The monoisotopic (exact) mass is 213 g/mol. The van der Waals surface area contributed by atoms with Crippen LogP contribution in [0.15, 0.2) is 0 Å². The second kappa shape index (κ2) is 4.64. The van der Waals surface area contributed by atoms with Crippen LogP contribution in [0.1, 0.15) is 27.7 Å². The van der Waals surface area contributed by atoms with Gasteiger partial charge in [-0.25, -0.2) is 4.79 Å². The average molecular weight is 213 g/mol. The normalized spacial score (nSPS) is 16.8. The van der Waals surface area contributed by atoms with Gasteiger partial charge in [-0.3, -0.25) is 4.79 Å². The first-order chi connectivity index (χ1) is 6.91. The Morgan fingerprint density at radius 1 is 1.20 bits per heavy atom. The quantitative estimate of drug-likeness (QED) is 0.716. The third kappa shape index (κ3) is 2.94. The Kier molecular flexibility index (Phi) is 3.72. The maximum absolute atomic E-state index is 11.5. The number of hydrogen-bond donors (Lipinski definition) is 0. The summed E-state index contributed by atoms with van der Waals surface area (Å²) in [6.07, 6.45) is -0.407. The summed E-state index contributed by atoms with van der Waals surface area (Å²) in [5.41, 5.74) is 0. The molecule has 0 aromatic rings. The molecule has 0 radical (unpaired) electrons. The lowest BCUT2D eigenvalue weighted by Crippen LogP contribution is -2.54. The number of carbonyl (C=O) groups is 2. The maximum atomic E-state index is 11.5. The zero-order chi connectivity index (χ0) is 11.6. The van der Waals surface area contributed by atoms with E-state index in [9.17, 15) is 9.59 Å². The van der Waals surface area contributed by atoms with Crippen molar-refractivity contribution in [3.8, 4) is 0 Å². The number of ketones is 1. The fourth-order valence-corrected chi connectivity index (χ4v) is 1.56. The van der Waals surface area contributed by atoms with Crippen LogP contribution >= 0.6 is 0 Å². The number of Topliss-reactive ketones (excluding diaryl/α,β-unsaturated/α-hetero) is 1. The molecule has 1 amide bonds. The first kappa shape index (κ1) is 12.0. The van der Waals surface area contributed by atoms with E-state index >= 15 is 0 Å². The molecule has 1 fully saturated rings. The first-order valence-corrected chi connectivity index (χ1v) is 5.41. The molecule has 86 valence electrons. The molecule has 1 aliphatic heterocycles. The lowest BCUT2D eigenvalue weighted by molar-refractivity contribution is -0.130. The summed E-state index contributed by atoms with van der Waals surface area (Å²) < 4.78 is 5.02. The summed E-state index contributed by atoms with van der Waals surface area (Å²) in [5.74, 6) is 0.312. The molecule has 0 saturated carbocycles. The minimum absolute atomic E-state index is 0.0183. The van der Waals surface area contributed by atoms with Gasteiger partial charge in [0, 0.05) is 19.0 Å². The van der Waals surface area contributed by atoms with Crippen LogP contribution < -0.4 is 0 Å². The van der Waals surface area contributed by atoms with Gasteiger partial charge < -0.3 is 9.64 Å². The summed E-state index contributed by atoms with van der Waals surface area (Å²) in [6.45, 7) is 8.43.